The Labute approximate surface area is 121 Å². The van der Waals surface area contributed by atoms with Crippen molar-refractivity contribution in [2.24, 2.45) is 5.41 Å². The molecule has 0 bridgehead atoms. The van der Waals surface area contributed by atoms with Gasteiger partial charge in [-0.1, -0.05) is 39.2 Å². The fourth-order valence-electron chi connectivity index (χ4n) is 3.45. The van der Waals surface area contributed by atoms with Gasteiger partial charge in [-0.25, -0.2) is 4.39 Å². The molecular weight excluding hydrogens is 253 g/mol. The predicted octanol–water partition coefficient (Wildman–Crippen LogP) is 4.46. The topological polar surface area (TPSA) is 21.3 Å². The molecule has 0 saturated heterocycles. The number of hydrogen-bond donors (Lipinski definition) is 1. The minimum Gasteiger partial charge on any atom is -0.497 e. The molecule has 0 spiro atoms. The summed E-state index contributed by atoms with van der Waals surface area (Å²) in [7, 11) is 1.57. The van der Waals surface area contributed by atoms with Crippen LogP contribution in [0.5, 0.6) is 5.75 Å². The summed E-state index contributed by atoms with van der Waals surface area (Å²) < 4.78 is 19.5. The molecule has 0 aliphatic heterocycles. The third kappa shape index (κ3) is 3.14. The summed E-state index contributed by atoms with van der Waals surface area (Å²) in [6.07, 6.45) is 6.12. The lowest BCUT2D eigenvalue weighted by molar-refractivity contribution is 0.143. The highest BCUT2D eigenvalue weighted by Gasteiger charge is 2.37. The van der Waals surface area contributed by atoms with Crippen molar-refractivity contribution >= 4 is 0 Å². The predicted molar refractivity (Wildman–Crippen MR) is 80.6 cm³/mol. The largest absolute Gasteiger partial charge is 0.497 e. The van der Waals surface area contributed by atoms with Crippen molar-refractivity contribution in [3.8, 4) is 5.75 Å². The maximum absolute atomic E-state index is 14.4. The van der Waals surface area contributed by atoms with Gasteiger partial charge in [0.25, 0.3) is 0 Å². The van der Waals surface area contributed by atoms with Gasteiger partial charge in [0.05, 0.1) is 7.11 Å². The number of ether oxygens (including phenoxy) is 1. The maximum atomic E-state index is 14.4. The Morgan fingerprint density at radius 1 is 1.30 bits per heavy atom. The summed E-state index contributed by atoms with van der Waals surface area (Å²) in [6, 6.07) is 5.31. The third-order valence-electron chi connectivity index (χ3n) is 4.62. The van der Waals surface area contributed by atoms with Crippen molar-refractivity contribution in [2.45, 2.75) is 52.0 Å². The first-order valence-corrected chi connectivity index (χ1v) is 7.67. The molecule has 1 saturated carbocycles. The minimum atomic E-state index is -0.165. The molecule has 2 rings (SSSR count). The smallest absolute Gasteiger partial charge is 0.131 e. The summed E-state index contributed by atoms with van der Waals surface area (Å²) in [4.78, 5) is 0. The number of benzene rings is 1. The normalized spacial score (nSPS) is 19.6. The second-order valence-corrected chi connectivity index (χ2v) is 6.09. The molecule has 1 aliphatic rings. The maximum Gasteiger partial charge on any atom is 0.131 e. The lowest BCUT2D eigenvalue weighted by Gasteiger charge is -2.41. The van der Waals surface area contributed by atoms with Gasteiger partial charge >= 0.3 is 0 Å². The zero-order valence-corrected chi connectivity index (χ0v) is 12.8. The fraction of sp³-hybridized carbons (Fsp3) is 0.647. The molecule has 112 valence electrons. The van der Waals surface area contributed by atoms with Crippen molar-refractivity contribution in [1.82, 2.24) is 5.32 Å². The van der Waals surface area contributed by atoms with E-state index in [4.69, 9.17) is 4.74 Å². The molecule has 1 aliphatic carbocycles. The molecule has 0 aromatic heterocycles. The van der Waals surface area contributed by atoms with E-state index in [2.05, 4.69) is 19.2 Å². The lowest BCUT2D eigenvalue weighted by atomic mass is 9.68. The van der Waals surface area contributed by atoms with Crippen molar-refractivity contribution < 1.29 is 9.13 Å². The first-order valence-electron chi connectivity index (χ1n) is 7.67. The number of nitrogens with one attached hydrogen (secondary N) is 1. The van der Waals surface area contributed by atoms with E-state index in [0.29, 0.717) is 5.75 Å². The van der Waals surface area contributed by atoms with E-state index in [1.807, 2.05) is 12.1 Å². The van der Waals surface area contributed by atoms with Gasteiger partial charge in [0.1, 0.15) is 11.6 Å². The summed E-state index contributed by atoms with van der Waals surface area (Å²) in [6.45, 7) is 5.23. The van der Waals surface area contributed by atoms with Crippen LogP contribution in [0, 0.1) is 11.2 Å². The van der Waals surface area contributed by atoms with Crippen LogP contribution in [-0.2, 0) is 0 Å². The molecule has 0 heterocycles. The Hall–Kier alpha value is -1.09. The number of methoxy groups -OCH3 is 1. The van der Waals surface area contributed by atoms with Gasteiger partial charge in [-0.3, -0.25) is 0 Å². The van der Waals surface area contributed by atoms with E-state index in [-0.39, 0.29) is 17.3 Å². The molecule has 1 fully saturated rings. The zero-order chi connectivity index (χ0) is 14.6. The van der Waals surface area contributed by atoms with Gasteiger partial charge in [-0.15, -0.1) is 0 Å². The number of halogens is 1. The Balaban J connectivity index is 2.32. The second-order valence-electron chi connectivity index (χ2n) is 6.09. The SMILES string of the molecule is CCNC(c1ccc(OC)cc1F)C1(C)CCCCC1. The lowest BCUT2D eigenvalue weighted by Crippen LogP contribution is -2.38. The van der Waals surface area contributed by atoms with E-state index in [0.717, 1.165) is 24.9 Å². The van der Waals surface area contributed by atoms with Crippen molar-refractivity contribution in [2.75, 3.05) is 13.7 Å². The molecule has 20 heavy (non-hydrogen) atoms. The van der Waals surface area contributed by atoms with Crippen LogP contribution >= 0.6 is 0 Å². The van der Waals surface area contributed by atoms with E-state index < -0.39 is 0 Å². The Bertz CT molecular complexity index is 441. The highest BCUT2D eigenvalue weighted by atomic mass is 19.1. The van der Waals surface area contributed by atoms with Crippen LogP contribution < -0.4 is 10.1 Å². The summed E-state index contributed by atoms with van der Waals surface area (Å²) in [5.41, 5.74) is 0.918. The first kappa shape index (κ1) is 15.3. The number of rotatable bonds is 5. The fourth-order valence-corrected chi connectivity index (χ4v) is 3.45. The molecule has 0 radical (unpaired) electrons. The third-order valence-corrected chi connectivity index (χ3v) is 4.62. The molecule has 1 aromatic carbocycles. The second kappa shape index (κ2) is 6.57. The average Bonchev–Trinajstić information content (AvgIpc) is 2.46. The molecule has 2 nitrogen and oxygen atoms in total. The quantitative estimate of drug-likeness (QED) is 0.859. The van der Waals surface area contributed by atoms with Gasteiger partial charge in [0.15, 0.2) is 0 Å². The van der Waals surface area contributed by atoms with Gasteiger partial charge in [0.2, 0.25) is 0 Å². The average molecular weight is 279 g/mol. The van der Waals surface area contributed by atoms with Crippen LogP contribution in [0.3, 0.4) is 0 Å². The molecule has 0 amide bonds. The van der Waals surface area contributed by atoms with Gasteiger partial charge in [0, 0.05) is 17.7 Å². The molecule has 1 N–H and O–H groups in total. The first-order chi connectivity index (χ1) is 9.60. The van der Waals surface area contributed by atoms with Gasteiger partial charge in [-0.2, -0.15) is 0 Å². The molecule has 1 unspecified atom stereocenters. The summed E-state index contributed by atoms with van der Waals surface area (Å²) in [5, 5.41) is 3.51. The molecule has 1 aromatic rings. The highest BCUT2D eigenvalue weighted by molar-refractivity contribution is 5.32. The van der Waals surface area contributed by atoms with Crippen LogP contribution in [-0.4, -0.2) is 13.7 Å². The van der Waals surface area contributed by atoms with Crippen molar-refractivity contribution in [3.05, 3.63) is 29.6 Å². The van der Waals surface area contributed by atoms with Crippen molar-refractivity contribution in [3.63, 3.8) is 0 Å². The van der Waals surface area contributed by atoms with Gasteiger partial charge in [-0.05, 0) is 30.9 Å². The van der Waals surface area contributed by atoms with Crippen LogP contribution in [0.2, 0.25) is 0 Å². The summed E-state index contributed by atoms with van der Waals surface area (Å²) >= 11 is 0. The monoisotopic (exact) mass is 279 g/mol. The number of hydrogen-bond acceptors (Lipinski definition) is 2. The van der Waals surface area contributed by atoms with Crippen LogP contribution in [0.15, 0.2) is 18.2 Å². The van der Waals surface area contributed by atoms with Crippen LogP contribution in [0.1, 0.15) is 57.6 Å². The standard InChI is InChI=1S/C17H26FNO/c1-4-19-16(17(2)10-6-5-7-11-17)14-9-8-13(20-3)12-15(14)18/h8-9,12,16,19H,4-7,10-11H2,1-3H3. The Kier molecular flexibility index (Phi) is 5.03. The highest BCUT2D eigenvalue weighted by Crippen LogP contribution is 2.46. The van der Waals surface area contributed by atoms with Crippen LogP contribution in [0.25, 0.3) is 0 Å². The van der Waals surface area contributed by atoms with E-state index in [9.17, 15) is 4.39 Å². The molecule has 3 heteroatoms. The zero-order valence-electron chi connectivity index (χ0n) is 12.8. The molecular formula is C17H26FNO. The van der Waals surface area contributed by atoms with E-state index in [1.54, 1.807) is 7.11 Å². The van der Waals surface area contributed by atoms with Crippen LogP contribution in [0.4, 0.5) is 4.39 Å². The molecule has 1 atom stereocenters. The minimum absolute atomic E-state index is 0.0821. The van der Waals surface area contributed by atoms with Gasteiger partial charge < -0.3 is 10.1 Å². The Morgan fingerprint density at radius 2 is 2.00 bits per heavy atom. The van der Waals surface area contributed by atoms with E-state index >= 15 is 0 Å². The Morgan fingerprint density at radius 3 is 2.55 bits per heavy atom. The van der Waals surface area contributed by atoms with E-state index in [1.165, 1.54) is 25.3 Å². The van der Waals surface area contributed by atoms with Crippen molar-refractivity contribution in [1.29, 1.82) is 0 Å². The summed E-state index contributed by atoms with van der Waals surface area (Å²) in [5.74, 6) is 0.414.